The van der Waals surface area contributed by atoms with Crippen LogP contribution in [-0.2, 0) is 9.53 Å². The Kier molecular flexibility index (Phi) is 36.9. The van der Waals surface area contributed by atoms with E-state index in [2.05, 4.69) is 18.6 Å². The lowest BCUT2D eigenvalue weighted by Gasteiger charge is -2.22. The van der Waals surface area contributed by atoms with Crippen molar-refractivity contribution in [2.75, 3.05) is 33.4 Å². The number of rotatable bonds is 28. The van der Waals surface area contributed by atoms with Crippen LogP contribution in [-0.4, -0.2) is 49.3 Å². The fourth-order valence-corrected chi connectivity index (χ4v) is 4.75. The van der Waals surface area contributed by atoms with E-state index < -0.39 is 0 Å². The number of hydrogen-bond donors (Lipinski definition) is 1. The molecule has 0 bridgehead atoms. The van der Waals surface area contributed by atoms with Crippen molar-refractivity contribution < 1.29 is 14.6 Å². The molecule has 0 atom stereocenters. The van der Waals surface area contributed by atoms with E-state index in [4.69, 9.17) is 0 Å². The molecule has 4 nitrogen and oxygen atoms in total. The van der Waals surface area contributed by atoms with Gasteiger partial charge in [-0.1, -0.05) is 155 Å². The molecule has 0 aliphatic rings. The summed E-state index contributed by atoms with van der Waals surface area (Å²) >= 11 is 0. The van der Waals surface area contributed by atoms with Crippen LogP contribution < -0.4 is 0 Å². The van der Waals surface area contributed by atoms with E-state index in [9.17, 15) is 9.90 Å². The molecule has 0 heterocycles. The summed E-state index contributed by atoms with van der Waals surface area (Å²) in [5.41, 5.74) is 0. The third-order valence-corrected chi connectivity index (χ3v) is 7.34. The van der Waals surface area contributed by atoms with Gasteiger partial charge in [-0.25, -0.2) is 0 Å². The second-order valence-electron chi connectivity index (χ2n) is 10.9. The number of methoxy groups -OCH3 is 1. The van der Waals surface area contributed by atoms with Crippen LogP contribution in [0.3, 0.4) is 0 Å². The zero-order valence-electron chi connectivity index (χ0n) is 26.0. The molecule has 37 heavy (non-hydrogen) atoms. The maximum Gasteiger partial charge on any atom is 0.248 e. The van der Waals surface area contributed by atoms with Gasteiger partial charge < -0.3 is 14.7 Å². The number of hydrogen-bond acceptors (Lipinski definition) is 3. The topological polar surface area (TPSA) is 49.8 Å². The molecule has 0 aliphatic carbocycles. The molecule has 0 aromatic carbocycles. The fourth-order valence-electron chi connectivity index (χ4n) is 4.75. The molecule has 0 aromatic heterocycles. The van der Waals surface area contributed by atoms with Gasteiger partial charge in [0.15, 0.2) is 0 Å². The van der Waals surface area contributed by atoms with E-state index in [0.717, 1.165) is 32.5 Å². The van der Waals surface area contributed by atoms with Crippen molar-refractivity contribution in [3.8, 4) is 0 Å². The van der Waals surface area contributed by atoms with Crippen LogP contribution >= 0.6 is 0 Å². The van der Waals surface area contributed by atoms with E-state index in [-0.39, 0.29) is 12.5 Å². The Hall–Kier alpha value is -0.610. The van der Waals surface area contributed by atoms with Crippen molar-refractivity contribution in [1.82, 2.24) is 4.90 Å². The van der Waals surface area contributed by atoms with Gasteiger partial charge >= 0.3 is 0 Å². The third-order valence-electron chi connectivity index (χ3n) is 7.34. The number of aliphatic hydroxyl groups is 1. The lowest BCUT2D eigenvalue weighted by Crippen LogP contribution is -2.35. The number of unbranched alkanes of at least 4 members (excludes halogenated alkanes) is 22. The average molecular weight is 528 g/mol. The lowest BCUT2D eigenvalue weighted by atomic mass is 10.0. The monoisotopic (exact) mass is 528 g/mol. The highest BCUT2D eigenvalue weighted by Gasteiger charge is 2.11. The van der Waals surface area contributed by atoms with Gasteiger partial charge in [0.2, 0.25) is 5.91 Å². The summed E-state index contributed by atoms with van der Waals surface area (Å²) < 4.78 is 4.54. The molecule has 224 valence electrons. The molecule has 0 rings (SSSR count). The van der Waals surface area contributed by atoms with Crippen molar-refractivity contribution in [2.45, 2.75) is 175 Å². The van der Waals surface area contributed by atoms with Gasteiger partial charge in [-0.15, -0.1) is 0 Å². The highest BCUT2D eigenvalue weighted by Crippen LogP contribution is 2.14. The van der Waals surface area contributed by atoms with E-state index in [0.29, 0.717) is 0 Å². The van der Waals surface area contributed by atoms with Crippen molar-refractivity contribution in [1.29, 1.82) is 0 Å². The Balaban J connectivity index is 0. The molecule has 4 heteroatoms. The summed E-state index contributed by atoms with van der Waals surface area (Å²) in [4.78, 5) is 14.0. The van der Waals surface area contributed by atoms with Crippen LogP contribution in [0.2, 0.25) is 0 Å². The molecular formula is C33H69NO3. The molecule has 1 N–H and O–H groups in total. The Morgan fingerprint density at radius 2 is 0.757 bits per heavy atom. The van der Waals surface area contributed by atoms with E-state index in [1.54, 1.807) is 7.11 Å². The summed E-state index contributed by atoms with van der Waals surface area (Å²) in [7, 11) is 1.68. The summed E-state index contributed by atoms with van der Waals surface area (Å²) in [5.74, 6) is -0.0823. The first-order valence-electron chi connectivity index (χ1n) is 16.5. The first-order chi connectivity index (χ1) is 18.2. The quantitative estimate of drug-likeness (QED) is 0.103. The number of nitrogens with zero attached hydrogens (tertiary/aromatic N) is 1. The Labute approximate surface area is 233 Å². The first kappa shape index (κ1) is 38.5. The minimum absolute atomic E-state index is 0.0823. The molecule has 0 saturated carbocycles. The minimum Gasteiger partial charge on any atom is -0.387 e. The van der Waals surface area contributed by atoms with Crippen LogP contribution in [0.15, 0.2) is 0 Å². The van der Waals surface area contributed by atoms with Gasteiger partial charge in [0, 0.05) is 26.8 Å². The third kappa shape index (κ3) is 33.4. The largest absolute Gasteiger partial charge is 0.387 e. The van der Waals surface area contributed by atoms with Gasteiger partial charge in [0.1, 0.15) is 6.61 Å². The molecule has 0 aromatic rings. The zero-order chi connectivity index (χ0) is 27.7. The van der Waals surface area contributed by atoms with Gasteiger partial charge in [-0.05, 0) is 19.8 Å². The Morgan fingerprint density at radius 3 is 0.973 bits per heavy atom. The number of amides is 1. The summed E-state index contributed by atoms with van der Waals surface area (Å²) in [5, 5.41) is 9.30. The molecule has 0 fully saturated rings. The first-order valence-corrected chi connectivity index (χ1v) is 16.5. The number of carbonyl (C=O) groups is 1. The molecule has 0 spiro atoms. The summed E-state index contributed by atoms with van der Waals surface area (Å²) in [6, 6.07) is 0. The molecule has 1 amide bonds. The van der Waals surface area contributed by atoms with Gasteiger partial charge in [-0.2, -0.15) is 0 Å². The summed E-state index contributed by atoms with van der Waals surface area (Å²) in [6.07, 6.45) is 32.1. The highest BCUT2D eigenvalue weighted by molar-refractivity contribution is 5.77. The predicted molar refractivity (Wildman–Crippen MR) is 163 cm³/mol. The predicted octanol–water partition coefficient (Wildman–Crippen LogP) is 9.86. The van der Waals surface area contributed by atoms with Crippen LogP contribution in [0, 0.1) is 0 Å². The highest BCUT2D eigenvalue weighted by atomic mass is 16.5. The molecule has 0 aliphatic heterocycles. The number of carbonyl (C=O) groups excluding carboxylic acids is 1. The second-order valence-corrected chi connectivity index (χ2v) is 10.9. The smallest absolute Gasteiger partial charge is 0.248 e. The van der Waals surface area contributed by atoms with Crippen molar-refractivity contribution >= 4 is 5.91 Å². The lowest BCUT2D eigenvalue weighted by molar-refractivity contribution is -0.134. The molecule has 0 unspecified atom stereocenters. The van der Waals surface area contributed by atoms with Crippen LogP contribution in [0.5, 0.6) is 0 Å². The van der Waals surface area contributed by atoms with Crippen molar-refractivity contribution in [3.63, 3.8) is 0 Å². The number of ether oxygens (including phenoxy) is 1. The van der Waals surface area contributed by atoms with Crippen LogP contribution in [0.4, 0.5) is 0 Å². The van der Waals surface area contributed by atoms with Crippen molar-refractivity contribution in [3.05, 3.63) is 0 Å². The maximum atomic E-state index is 12.1. The average Bonchev–Trinajstić information content (AvgIpc) is 2.92. The zero-order valence-corrected chi connectivity index (χ0v) is 26.0. The Bertz CT molecular complexity index is 386. The molecular weight excluding hydrogens is 458 g/mol. The van der Waals surface area contributed by atoms with E-state index in [1.165, 1.54) is 141 Å². The number of aliphatic hydroxyl groups excluding tert-OH is 1. The normalized spacial score (nSPS) is 10.8. The van der Waals surface area contributed by atoms with Crippen molar-refractivity contribution in [2.24, 2.45) is 0 Å². The standard InChI is InChI=1S/C30H61NO2.C3H8O/c1-3-5-7-9-11-13-15-17-19-21-23-25-27-31(30(33)29-32)28-26-24-22-20-18-16-14-12-10-8-6-4-2;1-3-4-2/h32H,3-29H2,1-2H3;3H2,1-2H3. The fraction of sp³-hybridized carbons (Fsp3) is 0.970. The Morgan fingerprint density at radius 1 is 0.514 bits per heavy atom. The van der Waals surface area contributed by atoms with Crippen LogP contribution in [0.25, 0.3) is 0 Å². The maximum absolute atomic E-state index is 12.1. The molecule has 0 saturated heterocycles. The summed E-state index contributed by atoms with van der Waals surface area (Å²) in [6.45, 7) is 8.65. The SMILES string of the molecule is CCCCCCCCCCCCCCN(CCCCCCCCCCCCCC)C(=O)CO.CCOC. The van der Waals surface area contributed by atoms with Crippen LogP contribution in [0.1, 0.15) is 175 Å². The minimum atomic E-state index is -0.337. The van der Waals surface area contributed by atoms with E-state index in [1.807, 2.05) is 11.8 Å². The second kappa shape index (κ2) is 35.4. The van der Waals surface area contributed by atoms with Gasteiger partial charge in [-0.3, -0.25) is 4.79 Å². The molecule has 0 radical (unpaired) electrons. The van der Waals surface area contributed by atoms with E-state index >= 15 is 0 Å². The van der Waals surface area contributed by atoms with Gasteiger partial charge in [0.25, 0.3) is 0 Å². The van der Waals surface area contributed by atoms with Gasteiger partial charge in [0.05, 0.1) is 0 Å².